The molecule has 0 aliphatic rings. The summed E-state index contributed by atoms with van der Waals surface area (Å²) in [5, 5.41) is 10.0. The smallest absolute Gasteiger partial charge is 0.176 e. The van der Waals surface area contributed by atoms with E-state index >= 15 is 0 Å². The molecule has 5 heteroatoms. The molecule has 0 heterocycles. The van der Waals surface area contributed by atoms with Crippen molar-refractivity contribution in [3.05, 3.63) is 47.0 Å². The lowest BCUT2D eigenvalue weighted by Gasteiger charge is -2.08. The van der Waals surface area contributed by atoms with Crippen molar-refractivity contribution in [2.45, 2.75) is 6.92 Å². The summed E-state index contributed by atoms with van der Waals surface area (Å²) in [6.07, 6.45) is 1.66. The molecule has 4 nitrogen and oxygen atoms in total. The summed E-state index contributed by atoms with van der Waals surface area (Å²) >= 11 is 5.97. The Labute approximate surface area is 128 Å². The van der Waals surface area contributed by atoms with Gasteiger partial charge in [-0.2, -0.15) is 0 Å². The van der Waals surface area contributed by atoms with E-state index in [9.17, 15) is 5.11 Å². The van der Waals surface area contributed by atoms with Crippen molar-refractivity contribution in [1.82, 2.24) is 0 Å². The summed E-state index contributed by atoms with van der Waals surface area (Å²) in [6.45, 7) is 2.29. The van der Waals surface area contributed by atoms with Crippen molar-refractivity contribution >= 4 is 23.5 Å². The number of hydrogen-bond donors (Lipinski definition) is 1. The molecule has 0 aliphatic heterocycles. The van der Waals surface area contributed by atoms with Gasteiger partial charge in [-0.15, -0.1) is 0 Å². The van der Waals surface area contributed by atoms with Crippen molar-refractivity contribution < 1.29 is 14.6 Å². The number of rotatable bonds is 5. The quantitative estimate of drug-likeness (QED) is 0.842. The van der Waals surface area contributed by atoms with Crippen LogP contribution in [0.25, 0.3) is 0 Å². The van der Waals surface area contributed by atoms with Gasteiger partial charge in [0.05, 0.1) is 24.4 Å². The number of ether oxygens (including phenoxy) is 2. The Morgan fingerprint density at radius 3 is 2.57 bits per heavy atom. The van der Waals surface area contributed by atoms with E-state index in [0.717, 1.165) is 17.0 Å². The van der Waals surface area contributed by atoms with Gasteiger partial charge in [-0.3, -0.25) is 4.99 Å². The molecule has 0 unspecified atom stereocenters. The number of phenolic OH excluding ortho intramolecular Hbond substituents is 1. The van der Waals surface area contributed by atoms with E-state index in [1.807, 2.05) is 31.2 Å². The van der Waals surface area contributed by atoms with Gasteiger partial charge in [0.25, 0.3) is 0 Å². The second kappa shape index (κ2) is 6.99. The number of benzene rings is 2. The van der Waals surface area contributed by atoms with Crippen LogP contribution in [-0.4, -0.2) is 25.0 Å². The molecule has 0 aliphatic carbocycles. The maximum atomic E-state index is 9.78. The molecule has 110 valence electrons. The van der Waals surface area contributed by atoms with Crippen LogP contribution in [-0.2, 0) is 0 Å². The SMILES string of the molecule is CCOc1cc(C=Nc2ccc(OC)cc2)cc(Cl)c1O. The van der Waals surface area contributed by atoms with Gasteiger partial charge < -0.3 is 14.6 Å². The minimum atomic E-state index is -0.0554. The zero-order chi connectivity index (χ0) is 15.2. The molecule has 0 saturated carbocycles. The zero-order valence-corrected chi connectivity index (χ0v) is 12.6. The second-order valence-corrected chi connectivity index (χ2v) is 4.65. The highest BCUT2D eigenvalue weighted by atomic mass is 35.5. The first-order valence-corrected chi connectivity index (χ1v) is 6.85. The van der Waals surface area contributed by atoms with E-state index in [2.05, 4.69) is 4.99 Å². The number of phenols is 1. The standard InChI is InChI=1S/C16H16ClNO3/c1-3-21-15-9-11(8-14(17)16(15)19)10-18-12-4-6-13(20-2)7-5-12/h4-10,19H,3H2,1-2H3. The fourth-order valence-electron chi connectivity index (χ4n) is 1.75. The Morgan fingerprint density at radius 2 is 1.95 bits per heavy atom. The van der Waals surface area contributed by atoms with Gasteiger partial charge >= 0.3 is 0 Å². The summed E-state index contributed by atoms with van der Waals surface area (Å²) in [7, 11) is 1.62. The van der Waals surface area contributed by atoms with Crippen LogP contribution in [0.3, 0.4) is 0 Å². The van der Waals surface area contributed by atoms with Crippen molar-refractivity contribution in [1.29, 1.82) is 0 Å². The van der Waals surface area contributed by atoms with Gasteiger partial charge in [0.1, 0.15) is 5.75 Å². The highest BCUT2D eigenvalue weighted by Crippen LogP contribution is 2.34. The Kier molecular flexibility index (Phi) is 5.06. The van der Waals surface area contributed by atoms with Crippen molar-refractivity contribution in [3.63, 3.8) is 0 Å². The molecule has 21 heavy (non-hydrogen) atoms. The van der Waals surface area contributed by atoms with E-state index in [-0.39, 0.29) is 10.8 Å². The third kappa shape index (κ3) is 3.89. The van der Waals surface area contributed by atoms with Gasteiger partial charge in [0.2, 0.25) is 0 Å². The van der Waals surface area contributed by atoms with E-state index in [1.165, 1.54) is 0 Å². The monoisotopic (exact) mass is 305 g/mol. The van der Waals surface area contributed by atoms with Crippen LogP contribution < -0.4 is 9.47 Å². The minimum absolute atomic E-state index is 0.0554. The Balaban J connectivity index is 2.23. The summed E-state index contributed by atoms with van der Waals surface area (Å²) in [4.78, 5) is 4.35. The first-order chi connectivity index (χ1) is 10.1. The van der Waals surface area contributed by atoms with Crippen molar-refractivity contribution in [2.75, 3.05) is 13.7 Å². The first kappa shape index (κ1) is 15.2. The summed E-state index contributed by atoms with van der Waals surface area (Å²) in [6, 6.07) is 10.7. The van der Waals surface area contributed by atoms with Gasteiger partial charge in [-0.05, 0) is 48.9 Å². The van der Waals surface area contributed by atoms with Crippen LogP contribution in [0.5, 0.6) is 17.2 Å². The van der Waals surface area contributed by atoms with Gasteiger partial charge in [0.15, 0.2) is 11.5 Å². The van der Waals surface area contributed by atoms with Gasteiger partial charge in [-0.1, -0.05) is 11.6 Å². The number of aliphatic imine (C=N–C) groups is 1. The predicted octanol–water partition coefficient (Wildman–Crippen LogP) is 4.20. The average Bonchev–Trinajstić information content (AvgIpc) is 2.50. The molecule has 0 aromatic heterocycles. The summed E-state index contributed by atoms with van der Waals surface area (Å²) in [5.41, 5.74) is 1.54. The van der Waals surface area contributed by atoms with E-state index in [1.54, 1.807) is 25.5 Å². The molecule has 0 atom stereocenters. The predicted molar refractivity (Wildman–Crippen MR) is 84.5 cm³/mol. The zero-order valence-electron chi connectivity index (χ0n) is 11.8. The molecule has 2 aromatic rings. The number of aromatic hydroxyl groups is 1. The highest BCUT2D eigenvalue weighted by molar-refractivity contribution is 6.32. The molecule has 2 aromatic carbocycles. The lowest BCUT2D eigenvalue weighted by atomic mass is 10.2. The molecule has 0 radical (unpaired) electrons. The number of methoxy groups -OCH3 is 1. The van der Waals surface area contributed by atoms with Gasteiger partial charge in [0, 0.05) is 6.21 Å². The lowest BCUT2D eigenvalue weighted by Crippen LogP contribution is -1.94. The van der Waals surface area contributed by atoms with E-state index < -0.39 is 0 Å². The van der Waals surface area contributed by atoms with Crippen LogP contribution in [0, 0.1) is 0 Å². The number of nitrogens with zero attached hydrogens (tertiary/aromatic N) is 1. The highest BCUT2D eigenvalue weighted by Gasteiger charge is 2.08. The van der Waals surface area contributed by atoms with Crippen LogP contribution >= 0.6 is 11.6 Å². The first-order valence-electron chi connectivity index (χ1n) is 6.47. The fraction of sp³-hybridized carbons (Fsp3) is 0.188. The summed E-state index contributed by atoms with van der Waals surface area (Å²) in [5.74, 6) is 1.07. The third-order valence-corrected chi connectivity index (χ3v) is 3.07. The van der Waals surface area contributed by atoms with Crippen molar-refractivity contribution in [3.8, 4) is 17.2 Å². The molecule has 0 fully saturated rings. The topological polar surface area (TPSA) is 51.0 Å². The molecular weight excluding hydrogens is 290 g/mol. The maximum Gasteiger partial charge on any atom is 0.176 e. The number of halogens is 1. The normalized spacial score (nSPS) is 10.8. The second-order valence-electron chi connectivity index (χ2n) is 4.24. The van der Waals surface area contributed by atoms with Crippen LogP contribution in [0.15, 0.2) is 41.4 Å². The Morgan fingerprint density at radius 1 is 1.24 bits per heavy atom. The van der Waals surface area contributed by atoms with Crippen molar-refractivity contribution in [2.24, 2.45) is 4.99 Å². The lowest BCUT2D eigenvalue weighted by molar-refractivity contribution is 0.318. The molecular formula is C16H16ClNO3. The molecule has 1 N–H and O–H groups in total. The maximum absolute atomic E-state index is 9.78. The van der Waals surface area contributed by atoms with E-state index in [0.29, 0.717) is 12.4 Å². The molecule has 0 amide bonds. The average molecular weight is 306 g/mol. The van der Waals surface area contributed by atoms with Crippen LogP contribution in [0.4, 0.5) is 5.69 Å². The minimum Gasteiger partial charge on any atom is -0.503 e. The summed E-state index contributed by atoms with van der Waals surface area (Å²) < 4.78 is 10.4. The Hall–Kier alpha value is -2.20. The largest absolute Gasteiger partial charge is 0.503 e. The third-order valence-electron chi connectivity index (χ3n) is 2.79. The molecule has 2 rings (SSSR count). The Bertz CT molecular complexity index is 639. The van der Waals surface area contributed by atoms with Crippen LogP contribution in [0.2, 0.25) is 5.02 Å². The van der Waals surface area contributed by atoms with E-state index in [4.69, 9.17) is 21.1 Å². The number of hydrogen-bond acceptors (Lipinski definition) is 4. The van der Waals surface area contributed by atoms with Gasteiger partial charge in [-0.25, -0.2) is 0 Å². The molecule has 0 bridgehead atoms. The van der Waals surface area contributed by atoms with Crippen LogP contribution in [0.1, 0.15) is 12.5 Å². The molecule has 0 spiro atoms. The molecule has 0 saturated heterocycles. The fourth-order valence-corrected chi connectivity index (χ4v) is 1.97.